The summed E-state index contributed by atoms with van der Waals surface area (Å²) in [6.45, 7) is 4.31. The third-order valence-corrected chi connectivity index (χ3v) is 3.61. The minimum absolute atomic E-state index is 0.133. The zero-order chi connectivity index (χ0) is 13.7. The van der Waals surface area contributed by atoms with E-state index in [4.69, 9.17) is 5.73 Å². The maximum atomic E-state index is 11.8. The summed E-state index contributed by atoms with van der Waals surface area (Å²) in [6, 6.07) is 0. The molecule has 1 amide bonds. The number of aromatic nitrogens is 2. The molecule has 3 N–H and O–H groups in total. The molecule has 1 aliphatic rings. The second-order valence-electron chi connectivity index (χ2n) is 5.08. The molecule has 0 radical (unpaired) electrons. The molecule has 2 heterocycles. The number of aryl methyl sites for hydroxylation is 1. The first-order valence-corrected chi connectivity index (χ1v) is 6.96. The molecule has 1 aliphatic heterocycles. The van der Waals surface area contributed by atoms with Gasteiger partial charge in [-0.15, -0.1) is 0 Å². The third kappa shape index (κ3) is 3.70. The predicted molar refractivity (Wildman–Crippen MR) is 74.9 cm³/mol. The van der Waals surface area contributed by atoms with Crippen molar-refractivity contribution in [2.45, 2.75) is 25.7 Å². The first kappa shape index (κ1) is 13.9. The zero-order valence-electron chi connectivity index (χ0n) is 11.6. The van der Waals surface area contributed by atoms with Gasteiger partial charge in [0.2, 0.25) is 0 Å². The summed E-state index contributed by atoms with van der Waals surface area (Å²) in [5.41, 5.74) is 6.21. The summed E-state index contributed by atoms with van der Waals surface area (Å²) in [6.07, 6.45) is 6.30. The van der Waals surface area contributed by atoms with Gasteiger partial charge >= 0.3 is 0 Å². The molecule has 1 aromatic heterocycles. The number of hydrogen-bond donors (Lipinski definition) is 2. The molecule has 1 saturated heterocycles. The van der Waals surface area contributed by atoms with E-state index in [9.17, 15) is 4.79 Å². The smallest absolute Gasteiger partial charge is 0.256 e. The normalized spacial score (nSPS) is 15.8. The van der Waals surface area contributed by atoms with Crippen LogP contribution in [0.1, 0.15) is 36.0 Å². The van der Waals surface area contributed by atoms with Crippen molar-refractivity contribution >= 4 is 11.7 Å². The number of unbranched alkanes of at least 4 members (excludes halogenated alkanes) is 1. The molecule has 19 heavy (non-hydrogen) atoms. The van der Waals surface area contributed by atoms with E-state index in [1.807, 2.05) is 0 Å². The van der Waals surface area contributed by atoms with Crippen LogP contribution in [-0.4, -0.2) is 46.8 Å². The van der Waals surface area contributed by atoms with Gasteiger partial charge in [-0.2, -0.15) is 5.10 Å². The summed E-state index contributed by atoms with van der Waals surface area (Å²) in [4.78, 5) is 14.3. The molecule has 106 valence electrons. The number of nitrogen functional groups attached to an aromatic ring is 1. The van der Waals surface area contributed by atoms with Crippen LogP contribution in [0.2, 0.25) is 0 Å². The van der Waals surface area contributed by atoms with Crippen LogP contribution in [0.5, 0.6) is 0 Å². The van der Waals surface area contributed by atoms with Gasteiger partial charge in [0.05, 0.1) is 6.20 Å². The molecule has 0 bridgehead atoms. The second kappa shape index (κ2) is 6.56. The van der Waals surface area contributed by atoms with Gasteiger partial charge in [0.15, 0.2) is 0 Å². The average Bonchev–Trinajstić information content (AvgIpc) is 3.01. The Balaban J connectivity index is 1.62. The van der Waals surface area contributed by atoms with E-state index in [0.717, 1.165) is 19.4 Å². The zero-order valence-corrected chi connectivity index (χ0v) is 11.6. The summed E-state index contributed by atoms with van der Waals surface area (Å²) >= 11 is 0. The lowest BCUT2D eigenvalue weighted by Crippen LogP contribution is -2.26. The molecule has 6 nitrogen and oxygen atoms in total. The van der Waals surface area contributed by atoms with Crippen molar-refractivity contribution in [1.29, 1.82) is 0 Å². The molecular weight excluding hydrogens is 242 g/mol. The molecule has 0 aromatic carbocycles. The van der Waals surface area contributed by atoms with Gasteiger partial charge in [0.25, 0.3) is 5.91 Å². The number of likely N-dealkylation sites (tertiary alicyclic amines) is 1. The van der Waals surface area contributed by atoms with Crippen LogP contribution in [0.4, 0.5) is 5.82 Å². The van der Waals surface area contributed by atoms with Crippen molar-refractivity contribution in [3.8, 4) is 0 Å². The number of nitrogens with one attached hydrogen (secondary N) is 1. The lowest BCUT2D eigenvalue weighted by atomic mass is 10.2. The van der Waals surface area contributed by atoms with Crippen molar-refractivity contribution < 1.29 is 4.79 Å². The van der Waals surface area contributed by atoms with Crippen LogP contribution < -0.4 is 11.1 Å². The largest absolute Gasteiger partial charge is 0.383 e. The Bertz CT molecular complexity index is 423. The summed E-state index contributed by atoms with van der Waals surface area (Å²) in [7, 11) is 1.72. The quantitative estimate of drug-likeness (QED) is 0.739. The highest BCUT2D eigenvalue weighted by molar-refractivity contribution is 5.98. The minimum Gasteiger partial charge on any atom is -0.383 e. The van der Waals surface area contributed by atoms with E-state index < -0.39 is 0 Å². The highest BCUT2D eigenvalue weighted by atomic mass is 16.1. The fourth-order valence-electron chi connectivity index (χ4n) is 2.39. The van der Waals surface area contributed by atoms with Gasteiger partial charge in [-0.05, 0) is 45.3 Å². The fraction of sp³-hybridized carbons (Fsp3) is 0.692. The standard InChI is InChI=1S/C13H23N5O/c1-17-12(14)11(10-16-17)13(19)15-6-2-3-7-18-8-4-5-9-18/h10H,2-9,14H2,1H3,(H,15,19). The van der Waals surface area contributed by atoms with Gasteiger partial charge in [-0.1, -0.05) is 0 Å². The number of carbonyl (C=O) groups excluding carboxylic acids is 1. The third-order valence-electron chi connectivity index (χ3n) is 3.61. The lowest BCUT2D eigenvalue weighted by Gasteiger charge is -2.13. The molecule has 0 unspecified atom stereocenters. The van der Waals surface area contributed by atoms with E-state index in [1.165, 1.54) is 36.8 Å². The van der Waals surface area contributed by atoms with Gasteiger partial charge in [-0.25, -0.2) is 0 Å². The highest BCUT2D eigenvalue weighted by Gasteiger charge is 2.13. The Morgan fingerprint density at radius 2 is 2.16 bits per heavy atom. The number of hydrogen-bond acceptors (Lipinski definition) is 4. The average molecular weight is 265 g/mol. The molecule has 0 saturated carbocycles. The van der Waals surface area contributed by atoms with E-state index in [-0.39, 0.29) is 5.91 Å². The topological polar surface area (TPSA) is 76.2 Å². The fourth-order valence-corrected chi connectivity index (χ4v) is 2.39. The molecule has 2 rings (SSSR count). The Hall–Kier alpha value is -1.56. The van der Waals surface area contributed by atoms with Crippen molar-refractivity contribution in [2.75, 3.05) is 31.9 Å². The van der Waals surface area contributed by atoms with Crippen LogP contribution >= 0.6 is 0 Å². The highest BCUT2D eigenvalue weighted by Crippen LogP contribution is 2.09. The molecule has 1 aromatic rings. The first-order chi connectivity index (χ1) is 9.18. The van der Waals surface area contributed by atoms with Crippen molar-refractivity contribution in [3.63, 3.8) is 0 Å². The minimum atomic E-state index is -0.133. The van der Waals surface area contributed by atoms with Crippen LogP contribution in [0.3, 0.4) is 0 Å². The number of rotatable bonds is 6. The van der Waals surface area contributed by atoms with Crippen molar-refractivity contribution in [3.05, 3.63) is 11.8 Å². The van der Waals surface area contributed by atoms with E-state index in [1.54, 1.807) is 7.05 Å². The monoisotopic (exact) mass is 265 g/mol. The number of nitrogens with zero attached hydrogens (tertiary/aromatic N) is 3. The number of amides is 1. The number of carbonyl (C=O) groups is 1. The predicted octanol–water partition coefficient (Wildman–Crippen LogP) is 0.608. The van der Waals surface area contributed by atoms with E-state index in [2.05, 4.69) is 15.3 Å². The van der Waals surface area contributed by atoms with Crippen LogP contribution in [0.15, 0.2) is 6.20 Å². The number of anilines is 1. The summed E-state index contributed by atoms with van der Waals surface area (Å²) in [5, 5.41) is 6.85. The Morgan fingerprint density at radius 1 is 1.42 bits per heavy atom. The SMILES string of the molecule is Cn1ncc(C(=O)NCCCCN2CCCC2)c1N. The molecule has 1 fully saturated rings. The Labute approximate surface area is 113 Å². The van der Waals surface area contributed by atoms with Crippen molar-refractivity contribution in [1.82, 2.24) is 20.0 Å². The second-order valence-corrected chi connectivity index (χ2v) is 5.08. The van der Waals surface area contributed by atoms with Crippen LogP contribution in [0.25, 0.3) is 0 Å². The van der Waals surface area contributed by atoms with Gasteiger partial charge in [0.1, 0.15) is 11.4 Å². The molecule has 0 spiro atoms. The maximum Gasteiger partial charge on any atom is 0.256 e. The maximum absolute atomic E-state index is 11.8. The van der Waals surface area contributed by atoms with Crippen LogP contribution in [0, 0.1) is 0 Å². The van der Waals surface area contributed by atoms with Crippen molar-refractivity contribution in [2.24, 2.45) is 7.05 Å². The molecule has 6 heteroatoms. The summed E-state index contributed by atoms with van der Waals surface area (Å²) in [5.74, 6) is 0.279. The Kier molecular flexibility index (Phi) is 4.79. The Morgan fingerprint density at radius 3 is 2.79 bits per heavy atom. The van der Waals surface area contributed by atoms with Gasteiger partial charge < -0.3 is 16.0 Å². The molecule has 0 aliphatic carbocycles. The molecule has 0 atom stereocenters. The molecular formula is C13H23N5O. The first-order valence-electron chi connectivity index (χ1n) is 6.96. The number of nitrogens with two attached hydrogens (primary N) is 1. The van der Waals surface area contributed by atoms with E-state index in [0.29, 0.717) is 17.9 Å². The summed E-state index contributed by atoms with van der Waals surface area (Å²) < 4.78 is 1.50. The van der Waals surface area contributed by atoms with Gasteiger partial charge in [0, 0.05) is 13.6 Å². The van der Waals surface area contributed by atoms with Crippen LogP contribution in [-0.2, 0) is 7.05 Å². The lowest BCUT2D eigenvalue weighted by molar-refractivity contribution is 0.0953. The van der Waals surface area contributed by atoms with Gasteiger partial charge in [-0.3, -0.25) is 9.48 Å². The van der Waals surface area contributed by atoms with E-state index >= 15 is 0 Å².